The summed E-state index contributed by atoms with van der Waals surface area (Å²) in [5.41, 5.74) is 2.23. The van der Waals surface area contributed by atoms with Gasteiger partial charge in [0.05, 0.1) is 11.0 Å². The molecule has 1 aromatic heterocycles. The van der Waals surface area contributed by atoms with E-state index in [4.69, 9.17) is 0 Å². The van der Waals surface area contributed by atoms with Crippen LogP contribution in [0.1, 0.15) is 17.8 Å². The standard InChI is InChI=1S/C21H25F2N5/c1-15-27-19-9-3-4-10-20(19)28(15)14-6-12-25-21(24-2)26-13-11-16-17(22)7-5-8-18(16)23/h3-5,7-10H,6,11-14H2,1-2H3,(H2,24,25,26). The number of rotatable bonds is 7. The molecule has 0 radical (unpaired) electrons. The van der Waals surface area contributed by atoms with E-state index in [1.807, 2.05) is 25.1 Å². The van der Waals surface area contributed by atoms with Crippen LogP contribution >= 0.6 is 0 Å². The number of aryl methyl sites for hydroxylation is 2. The molecule has 5 nitrogen and oxygen atoms in total. The Labute approximate surface area is 163 Å². The predicted octanol–water partition coefficient (Wildman–Crippen LogP) is 3.42. The van der Waals surface area contributed by atoms with Gasteiger partial charge in [0.1, 0.15) is 17.5 Å². The minimum Gasteiger partial charge on any atom is -0.356 e. The number of benzene rings is 2. The summed E-state index contributed by atoms with van der Waals surface area (Å²) in [5.74, 6) is 0.569. The number of aromatic nitrogens is 2. The number of imidazole rings is 1. The highest BCUT2D eigenvalue weighted by Gasteiger charge is 2.09. The summed E-state index contributed by atoms with van der Waals surface area (Å²) < 4.78 is 29.5. The van der Waals surface area contributed by atoms with Gasteiger partial charge in [-0.2, -0.15) is 0 Å². The van der Waals surface area contributed by atoms with Gasteiger partial charge in [0.15, 0.2) is 5.96 Å². The van der Waals surface area contributed by atoms with Crippen molar-refractivity contribution in [2.45, 2.75) is 26.3 Å². The van der Waals surface area contributed by atoms with Gasteiger partial charge >= 0.3 is 0 Å². The van der Waals surface area contributed by atoms with Crippen molar-refractivity contribution in [3.63, 3.8) is 0 Å². The minimum atomic E-state index is -0.521. The highest BCUT2D eigenvalue weighted by molar-refractivity contribution is 5.79. The summed E-state index contributed by atoms with van der Waals surface area (Å²) in [7, 11) is 1.67. The Bertz CT molecular complexity index is 944. The van der Waals surface area contributed by atoms with Crippen molar-refractivity contribution in [1.29, 1.82) is 0 Å². The maximum absolute atomic E-state index is 13.7. The van der Waals surface area contributed by atoms with Crippen LogP contribution in [0.4, 0.5) is 8.78 Å². The third-order valence-electron chi connectivity index (χ3n) is 4.65. The van der Waals surface area contributed by atoms with Crippen molar-refractivity contribution in [1.82, 2.24) is 20.2 Å². The van der Waals surface area contributed by atoms with Crippen LogP contribution in [-0.4, -0.2) is 35.6 Å². The maximum atomic E-state index is 13.7. The SMILES string of the molecule is CN=C(NCCCn1c(C)nc2ccccc21)NCCc1c(F)cccc1F. The molecular weight excluding hydrogens is 360 g/mol. The molecule has 7 heteroatoms. The molecule has 28 heavy (non-hydrogen) atoms. The minimum absolute atomic E-state index is 0.0907. The second-order valence-electron chi connectivity index (χ2n) is 6.53. The van der Waals surface area contributed by atoms with Crippen molar-refractivity contribution < 1.29 is 8.78 Å². The van der Waals surface area contributed by atoms with Gasteiger partial charge in [0, 0.05) is 32.2 Å². The number of nitrogens with zero attached hydrogens (tertiary/aromatic N) is 3. The monoisotopic (exact) mass is 385 g/mol. The molecule has 0 saturated heterocycles. The van der Waals surface area contributed by atoms with E-state index in [-0.39, 0.29) is 12.0 Å². The molecule has 3 rings (SSSR count). The first-order chi connectivity index (χ1) is 13.6. The number of guanidine groups is 1. The molecule has 3 aromatic rings. The van der Waals surface area contributed by atoms with Gasteiger partial charge in [0.25, 0.3) is 0 Å². The molecule has 0 amide bonds. The number of halogens is 2. The maximum Gasteiger partial charge on any atom is 0.190 e. The highest BCUT2D eigenvalue weighted by Crippen LogP contribution is 2.15. The van der Waals surface area contributed by atoms with E-state index in [0.717, 1.165) is 36.4 Å². The molecular formula is C21H25F2N5. The van der Waals surface area contributed by atoms with Crippen LogP contribution in [0.25, 0.3) is 11.0 Å². The van der Waals surface area contributed by atoms with E-state index in [1.54, 1.807) is 7.05 Å². The first-order valence-electron chi connectivity index (χ1n) is 9.39. The van der Waals surface area contributed by atoms with Crippen LogP contribution in [0.2, 0.25) is 0 Å². The van der Waals surface area contributed by atoms with Crippen LogP contribution in [0.3, 0.4) is 0 Å². The van der Waals surface area contributed by atoms with Gasteiger partial charge in [-0.15, -0.1) is 0 Å². The predicted molar refractivity (Wildman–Crippen MR) is 109 cm³/mol. The van der Waals surface area contributed by atoms with E-state index in [9.17, 15) is 8.78 Å². The Balaban J connectivity index is 1.45. The molecule has 1 heterocycles. The topological polar surface area (TPSA) is 54.2 Å². The Morgan fingerprint density at radius 1 is 1.04 bits per heavy atom. The lowest BCUT2D eigenvalue weighted by Crippen LogP contribution is -2.39. The summed E-state index contributed by atoms with van der Waals surface area (Å²) in [5, 5.41) is 6.33. The number of nitrogens with one attached hydrogen (secondary N) is 2. The number of hydrogen-bond donors (Lipinski definition) is 2. The van der Waals surface area contributed by atoms with Crippen molar-refractivity contribution in [2.75, 3.05) is 20.1 Å². The molecule has 2 N–H and O–H groups in total. The molecule has 0 fully saturated rings. The number of fused-ring (bicyclic) bond motifs is 1. The molecule has 0 atom stereocenters. The lowest BCUT2D eigenvalue weighted by Gasteiger charge is -2.13. The number of para-hydroxylation sites is 2. The number of hydrogen-bond acceptors (Lipinski definition) is 2. The van der Waals surface area contributed by atoms with E-state index in [0.29, 0.717) is 12.5 Å². The zero-order valence-corrected chi connectivity index (χ0v) is 16.2. The van der Waals surface area contributed by atoms with Crippen LogP contribution in [-0.2, 0) is 13.0 Å². The fourth-order valence-corrected chi connectivity index (χ4v) is 3.22. The Morgan fingerprint density at radius 3 is 2.50 bits per heavy atom. The normalized spacial score (nSPS) is 11.8. The fourth-order valence-electron chi connectivity index (χ4n) is 3.22. The largest absolute Gasteiger partial charge is 0.356 e. The highest BCUT2D eigenvalue weighted by atomic mass is 19.1. The van der Waals surface area contributed by atoms with Crippen LogP contribution in [0, 0.1) is 18.6 Å². The lowest BCUT2D eigenvalue weighted by atomic mass is 10.1. The summed E-state index contributed by atoms with van der Waals surface area (Å²) >= 11 is 0. The van der Waals surface area contributed by atoms with E-state index in [2.05, 4.69) is 31.2 Å². The van der Waals surface area contributed by atoms with E-state index < -0.39 is 11.6 Å². The van der Waals surface area contributed by atoms with Gasteiger partial charge in [-0.25, -0.2) is 13.8 Å². The molecule has 0 aliphatic rings. The van der Waals surface area contributed by atoms with Crippen molar-refractivity contribution >= 4 is 17.0 Å². The number of aliphatic imine (C=N–C) groups is 1. The van der Waals surface area contributed by atoms with Crippen molar-refractivity contribution in [3.05, 3.63) is 65.5 Å². The fraction of sp³-hybridized carbons (Fsp3) is 0.333. The summed E-state index contributed by atoms with van der Waals surface area (Å²) in [6.45, 7) is 3.97. The average molecular weight is 385 g/mol. The molecule has 0 aliphatic carbocycles. The first-order valence-corrected chi connectivity index (χ1v) is 9.39. The molecule has 0 unspecified atom stereocenters. The van der Waals surface area contributed by atoms with Gasteiger partial charge in [-0.3, -0.25) is 4.99 Å². The zero-order valence-electron chi connectivity index (χ0n) is 16.2. The summed E-state index contributed by atoms with van der Waals surface area (Å²) in [6, 6.07) is 12.0. The van der Waals surface area contributed by atoms with Gasteiger partial charge in [-0.1, -0.05) is 18.2 Å². The summed E-state index contributed by atoms with van der Waals surface area (Å²) in [6.07, 6.45) is 1.14. The lowest BCUT2D eigenvalue weighted by molar-refractivity contribution is 0.552. The van der Waals surface area contributed by atoms with Crippen LogP contribution in [0.5, 0.6) is 0 Å². The average Bonchev–Trinajstić information content (AvgIpc) is 3.01. The van der Waals surface area contributed by atoms with Crippen molar-refractivity contribution in [3.8, 4) is 0 Å². The Morgan fingerprint density at radius 2 is 1.75 bits per heavy atom. The molecule has 0 saturated carbocycles. The third kappa shape index (κ3) is 4.65. The van der Waals surface area contributed by atoms with Gasteiger partial charge in [-0.05, 0) is 44.0 Å². The zero-order chi connectivity index (χ0) is 19.9. The molecule has 148 valence electrons. The second-order valence-corrected chi connectivity index (χ2v) is 6.53. The molecule has 0 aliphatic heterocycles. The van der Waals surface area contributed by atoms with Gasteiger partial charge in [0.2, 0.25) is 0 Å². The van der Waals surface area contributed by atoms with Crippen LogP contribution < -0.4 is 10.6 Å². The smallest absolute Gasteiger partial charge is 0.190 e. The van der Waals surface area contributed by atoms with Crippen molar-refractivity contribution in [2.24, 2.45) is 4.99 Å². The van der Waals surface area contributed by atoms with Crippen LogP contribution in [0.15, 0.2) is 47.5 Å². The molecule has 0 bridgehead atoms. The van der Waals surface area contributed by atoms with Gasteiger partial charge < -0.3 is 15.2 Å². The first kappa shape index (κ1) is 19.8. The summed E-state index contributed by atoms with van der Waals surface area (Å²) in [4.78, 5) is 8.73. The Kier molecular flexibility index (Phi) is 6.57. The second kappa shape index (κ2) is 9.30. The van der Waals surface area contributed by atoms with E-state index >= 15 is 0 Å². The molecule has 2 aromatic carbocycles. The van der Waals surface area contributed by atoms with E-state index in [1.165, 1.54) is 18.2 Å². The third-order valence-corrected chi connectivity index (χ3v) is 4.65. The quantitative estimate of drug-likeness (QED) is 0.372. The molecule has 0 spiro atoms. The Hall–Kier alpha value is -2.96.